The van der Waals surface area contributed by atoms with Gasteiger partial charge in [0.05, 0.1) is 0 Å². The largest absolute Gasteiger partial charge is 0.340 e. The molecular formula is C13H11ClFN5. The third-order valence-electron chi connectivity index (χ3n) is 3.03. The van der Waals surface area contributed by atoms with Gasteiger partial charge >= 0.3 is 0 Å². The molecule has 0 aliphatic carbocycles. The number of nitrogens with one attached hydrogen (secondary N) is 1. The molecule has 1 aromatic carbocycles. The summed E-state index contributed by atoms with van der Waals surface area (Å²) in [6.45, 7) is 3.53. The number of fused-ring (bicyclic) bond motifs is 1. The summed E-state index contributed by atoms with van der Waals surface area (Å²) in [6, 6.07) is 4.78. The van der Waals surface area contributed by atoms with Crippen molar-refractivity contribution in [1.29, 1.82) is 0 Å². The number of aromatic nitrogens is 4. The summed E-state index contributed by atoms with van der Waals surface area (Å²) in [5, 5.41) is 7.64. The van der Waals surface area contributed by atoms with E-state index in [0.29, 0.717) is 22.3 Å². The van der Waals surface area contributed by atoms with Crippen molar-refractivity contribution < 1.29 is 4.39 Å². The molecule has 0 unspecified atom stereocenters. The van der Waals surface area contributed by atoms with Crippen molar-refractivity contribution >= 4 is 28.9 Å². The molecule has 0 atom stereocenters. The van der Waals surface area contributed by atoms with Gasteiger partial charge in [-0.2, -0.15) is 19.6 Å². The Morgan fingerprint density at radius 3 is 2.85 bits per heavy atom. The zero-order valence-corrected chi connectivity index (χ0v) is 11.6. The Kier molecular flexibility index (Phi) is 3.02. The van der Waals surface area contributed by atoms with Crippen LogP contribution in [-0.4, -0.2) is 19.6 Å². The van der Waals surface area contributed by atoms with Crippen molar-refractivity contribution in [3.8, 4) is 0 Å². The first-order valence-electron chi connectivity index (χ1n) is 5.95. The summed E-state index contributed by atoms with van der Waals surface area (Å²) in [5.74, 6) is 0.816. The third-order valence-corrected chi connectivity index (χ3v) is 3.39. The third kappa shape index (κ3) is 2.08. The Hall–Kier alpha value is -2.21. The molecule has 0 radical (unpaired) electrons. The lowest BCUT2D eigenvalue weighted by Gasteiger charge is -2.12. The molecule has 2 heterocycles. The quantitative estimate of drug-likeness (QED) is 0.736. The molecule has 20 heavy (non-hydrogen) atoms. The van der Waals surface area contributed by atoms with Crippen LogP contribution in [0.2, 0.25) is 5.15 Å². The second kappa shape index (κ2) is 4.72. The minimum Gasteiger partial charge on any atom is -0.340 e. The molecule has 7 heteroatoms. The average molecular weight is 292 g/mol. The van der Waals surface area contributed by atoms with E-state index in [0.717, 1.165) is 11.3 Å². The lowest BCUT2D eigenvalue weighted by molar-refractivity contribution is 0.619. The van der Waals surface area contributed by atoms with Crippen LogP contribution in [0.1, 0.15) is 11.1 Å². The lowest BCUT2D eigenvalue weighted by Crippen LogP contribution is -2.05. The molecule has 2 aromatic heterocycles. The van der Waals surface area contributed by atoms with Gasteiger partial charge in [-0.15, -0.1) is 0 Å². The van der Waals surface area contributed by atoms with Crippen molar-refractivity contribution in [2.45, 2.75) is 13.8 Å². The van der Waals surface area contributed by atoms with Crippen LogP contribution in [0.25, 0.3) is 5.78 Å². The van der Waals surface area contributed by atoms with Gasteiger partial charge in [-0.25, -0.2) is 4.39 Å². The average Bonchev–Trinajstić information content (AvgIpc) is 2.87. The summed E-state index contributed by atoms with van der Waals surface area (Å²) in [7, 11) is 0. The summed E-state index contributed by atoms with van der Waals surface area (Å²) in [5.41, 5.74) is 2.04. The summed E-state index contributed by atoms with van der Waals surface area (Å²) in [6.07, 6.45) is 1.40. The molecule has 5 nitrogen and oxygen atoms in total. The standard InChI is InChI=1S/C13H11ClFN5/c1-7-5-9(3-4-10(7)15)18-12-8(2)11(14)19-13-16-6-17-20(12)13/h3-6,18H,1-2H3. The van der Waals surface area contributed by atoms with Crippen LogP contribution in [0, 0.1) is 19.7 Å². The van der Waals surface area contributed by atoms with Gasteiger partial charge in [-0.1, -0.05) is 11.6 Å². The normalized spacial score (nSPS) is 11.0. The Bertz CT molecular complexity index is 799. The molecule has 3 rings (SSSR count). The van der Waals surface area contributed by atoms with Crippen molar-refractivity contribution in [2.75, 3.05) is 5.32 Å². The van der Waals surface area contributed by atoms with Gasteiger partial charge in [0, 0.05) is 11.3 Å². The first kappa shape index (κ1) is 12.8. The molecule has 0 aliphatic heterocycles. The van der Waals surface area contributed by atoms with Crippen LogP contribution in [0.3, 0.4) is 0 Å². The number of rotatable bonds is 2. The maximum Gasteiger partial charge on any atom is 0.255 e. The Balaban J connectivity index is 2.11. The summed E-state index contributed by atoms with van der Waals surface area (Å²) < 4.78 is 14.9. The van der Waals surface area contributed by atoms with Crippen molar-refractivity contribution in [3.05, 3.63) is 46.6 Å². The van der Waals surface area contributed by atoms with Crippen LogP contribution in [0.4, 0.5) is 15.9 Å². The van der Waals surface area contributed by atoms with Crippen LogP contribution in [0.5, 0.6) is 0 Å². The Morgan fingerprint density at radius 2 is 2.10 bits per heavy atom. The molecule has 102 valence electrons. The molecule has 0 fully saturated rings. The Morgan fingerprint density at radius 1 is 1.30 bits per heavy atom. The second-order valence-corrected chi connectivity index (χ2v) is 4.80. The second-order valence-electron chi connectivity index (χ2n) is 4.44. The van der Waals surface area contributed by atoms with Crippen molar-refractivity contribution in [2.24, 2.45) is 0 Å². The van der Waals surface area contributed by atoms with Crippen LogP contribution in [-0.2, 0) is 0 Å². The summed E-state index contributed by atoms with van der Waals surface area (Å²) >= 11 is 6.08. The van der Waals surface area contributed by atoms with E-state index >= 15 is 0 Å². The van der Waals surface area contributed by atoms with E-state index in [2.05, 4.69) is 20.4 Å². The fourth-order valence-electron chi connectivity index (χ4n) is 1.90. The van der Waals surface area contributed by atoms with Crippen molar-refractivity contribution in [1.82, 2.24) is 19.6 Å². The highest BCUT2D eigenvalue weighted by Crippen LogP contribution is 2.26. The van der Waals surface area contributed by atoms with Gasteiger partial charge in [0.15, 0.2) is 0 Å². The smallest absolute Gasteiger partial charge is 0.255 e. The molecule has 3 aromatic rings. The number of hydrogen-bond donors (Lipinski definition) is 1. The van der Waals surface area contributed by atoms with E-state index in [1.165, 1.54) is 12.4 Å². The van der Waals surface area contributed by atoms with Gasteiger partial charge in [0.2, 0.25) is 0 Å². The maximum atomic E-state index is 13.3. The zero-order chi connectivity index (χ0) is 14.3. The number of anilines is 2. The molecule has 1 N–H and O–H groups in total. The highest BCUT2D eigenvalue weighted by molar-refractivity contribution is 6.30. The van der Waals surface area contributed by atoms with E-state index < -0.39 is 0 Å². The number of benzene rings is 1. The first-order valence-corrected chi connectivity index (χ1v) is 6.33. The summed E-state index contributed by atoms with van der Waals surface area (Å²) in [4.78, 5) is 8.13. The molecule has 0 aliphatic rings. The molecule has 0 saturated carbocycles. The van der Waals surface area contributed by atoms with Crippen LogP contribution in [0.15, 0.2) is 24.5 Å². The fraction of sp³-hybridized carbons (Fsp3) is 0.154. The van der Waals surface area contributed by atoms with Gasteiger partial charge in [0.1, 0.15) is 23.1 Å². The minimum absolute atomic E-state index is 0.245. The monoisotopic (exact) mass is 291 g/mol. The zero-order valence-electron chi connectivity index (χ0n) is 10.9. The molecular weight excluding hydrogens is 281 g/mol. The maximum absolute atomic E-state index is 13.3. The number of hydrogen-bond acceptors (Lipinski definition) is 4. The highest BCUT2D eigenvalue weighted by Gasteiger charge is 2.12. The van der Waals surface area contributed by atoms with E-state index in [9.17, 15) is 4.39 Å². The highest BCUT2D eigenvalue weighted by atomic mass is 35.5. The Labute approximate surface area is 119 Å². The molecule has 0 amide bonds. The van der Waals surface area contributed by atoms with Crippen molar-refractivity contribution in [3.63, 3.8) is 0 Å². The molecule has 0 bridgehead atoms. The van der Waals surface area contributed by atoms with Gasteiger partial charge in [0.25, 0.3) is 5.78 Å². The number of halogens is 2. The first-order chi connectivity index (χ1) is 9.56. The van der Waals surface area contributed by atoms with E-state index in [1.54, 1.807) is 23.6 Å². The SMILES string of the molecule is Cc1cc(Nc2c(C)c(Cl)nc3ncnn23)ccc1F. The molecule has 0 saturated heterocycles. The van der Waals surface area contributed by atoms with Crippen LogP contribution >= 0.6 is 11.6 Å². The van der Waals surface area contributed by atoms with Gasteiger partial charge in [-0.05, 0) is 37.6 Å². The number of aryl methyl sites for hydroxylation is 1. The number of nitrogens with zero attached hydrogens (tertiary/aromatic N) is 4. The molecule has 0 spiro atoms. The van der Waals surface area contributed by atoms with E-state index in [-0.39, 0.29) is 5.82 Å². The lowest BCUT2D eigenvalue weighted by atomic mass is 10.2. The van der Waals surface area contributed by atoms with E-state index in [1.807, 2.05) is 6.92 Å². The predicted octanol–water partition coefficient (Wildman–Crippen LogP) is 3.28. The van der Waals surface area contributed by atoms with E-state index in [4.69, 9.17) is 11.6 Å². The van der Waals surface area contributed by atoms with Gasteiger partial charge in [-0.3, -0.25) is 0 Å². The van der Waals surface area contributed by atoms with Crippen LogP contribution < -0.4 is 5.32 Å². The topological polar surface area (TPSA) is 55.1 Å². The van der Waals surface area contributed by atoms with Gasteiger partial charge < -0.3 is 5.32 Å². The fourth-order valence-corrected chi connectivity index (χ4v) is 2.07. The predicted molar refractivity (Wildman–Crippen MR) is 74.9 cm³/mol. The minimum atomic E-state index is -0.245.